The van der Waals surface area contributed by atoms with Gasteiger partial charge in [-0.3, -0.25) is 4.79 Å². The molecule has 22 heavy (non-hydrogen) atoms. The van der Waals surface area contributed by atoms with Gasteiger partial charge in [0.05, 0.1) is 6.10 Å². The molecule has 1 amide bonds. The number of hydrogen-bond donors (Lipinski definition) is 1. The fourth-order valence-corrected chi connectivity index (χ4v) is 2.39. The Hall–Kier alpha value is -2.33. The summed E-state index contributed by atoms with van der Waals surface area (Å²) in [5, 5.41) is 2.86. The molecular weight excluding hydrogens is 278 g/mol. The number of hydrogen-bond acceptors (Lipinski definition) is 3. The minimum atomic E-state index is -0.117. The van der Waals surface area contributed by atoms with Crippen molar-refractivity contribution in [1.29, 1.82) is 0 Å². The van der Waals surface area contributed by atoms with Crippen LogP contribution in [-0.4, -0.2) is 25.2 Å². The van der Waals surface area contributed by atoms with Crippen molar-refractivity contribution < 1.29 is 14.3 Å². The molecule has 0 spiro atoms. The second kappa shape index (κ2) is 7.09. The molecule has 1 aliphatic rings. The zero-order valence-electron chi connectivity index (χ0n) is 12.3. The van der Waals surface area contributed by atoms with Crippen LogP contribution in [0.2, 0.25) is 0 Å². The average Bonchev–Trinajstić information content (AvgIpc) is 3.08. The van der Waals surface area contributed by atoms with Crippen LogP contribution in [0.5, 0.6) is 5.75 Å². The number of carbonyl (C=O) groups is 1. The van der Waals surface area contributed by atoms with Crippen molar-refractivity contribution in [1.82, 2.24) is 0 Å². The van der Waals surface area contributed by atoms with Crippen LogP contribution in [0.25, 0.3) is 0 Å². The van der Waals surface area contributed by atoms with E-state index in [9.17, 15) is 4.79 Å². The van der Waals surface area contributed by atoms with Crippen molar-refractivity contribution in [3.8, 4) is 5.75 Å². The lowest BCUT2D eigenvalue weighted by atomic mass is 10.2. The van der Waals surface area contributed by atoms with Crippen molar-refractivity contribution in [2.75, 3.05) is 18.5 Å². The van der Waals surface area contributed by atoms with Crippen molar-refractivity contribution in [3.63, 3.8) is 0 Å². The van der Waals surface area contributed by atoms with E-state index < -0.39 is 0 Å². The van der Waals surface area contributed by atoms with E-state index in [4.69, 9.17) is 9.47 Å². The summed E-state index contributed by atoms with van der Waals surface area (Å²) in [4.78, 5) is 12.0. The van der Waals surface area contributed by atoms with Gasteiger partial charge < -0.3 is 14.8 Å². The third-order valence-corrected chi connectivity index (χ3v) is 3.61. The van der Waals surface area contributed by atoms with E-state index in [0.717, 1.165) is 30.9 Å². The molecule has 0 aromatic heterocycles. The maximum atomic E-state index is 12.0. The molecule has 1 N–H and O–H groups in total. The summed E-state index contributed by atoms with van der Waals surface area (Å²) >= 11 is 0. The minimum Gasteiger partial charge on any atom is -0.491 e. The van der Waals surface area contributed by atoms with Gasteiger partial charge in [-0.1, -0.05) is 18.2 Å². The number of amides is 1. The lowest BCUT2D eigenvalue weighted by molar-refractivity contribution is 0.0679. The van der Waals surface area contributed by atoms with Crippen molar-refractivity contribution in [2.24, 2.45) is 0 Å². The second-order valence-electron chi connectivity index (χ2n) is 5.29. The van der Waals surface area contributed by atoms with Crippen LogP contribution in [0, 0.1) is 0 Å². The van der Waals surface area contributed by atoms with Crippen molar-refractivity contribution in [2.45, 2.75) is 18.9 Å². The molecule has 1 heterocycles. The molecular formula is C18H19NO3. The quantitative estimate of drug-likeness (QED) is 0.919. The van der Waals surface area contributed by atoms with E-state index in [1.807, 2.05) is 42.5 Å². The summed E-state index contributed by atoms with van der Waals surface area (Å²) < 4.78 is 11.2. The summed E-state index contributed by atoms with van der Waals surface area (Å²) in [6.45, 7) is 1.41. The minimum absolute atomic E-state index is 0.117. The van der Waals surface area contributed by atoms with Gasteiger partial charge in [0.2, 0.25) is 0 Å². The van der Waals surface area contributed by atoms with Gasteiger partial charge in [0.1, 0.15) is 12.4 Å². The lowest BCUT2D eigenvalue weighted by Gasteiger charge is -2.12. The predicted molar refractivity (Wildman–Crippen MR) is 85.3 cm³/mol. The summed E-state index contributed by atoms with van der Waals surface area (Å²) in [5.41, 5.74) is 1.39. The summed E-state index contributed by atoms with van der Waals surface area (Å²) in [6.07, 6.45) is 2.38. The molecule has 1 saturated heterocycles. The first-order valence-electron chi connectivity index (χ1n) is 7.52. The van der Waals surface area contributed by atoms with E-state index in [1.54, 1.807) is 12.1 Å². The number of rotatable bonds is 5. The molecule has 4 heteroatoms. The van der Waals surface area contributed by atoms with Gasteiger partial charge in [-0.15, -0.1) is 0 Å². The molecule has 4 nitrogen and oxygen atoms in total. The molecule has 1 fully saturated rings. The van der Waals surface area contributed by atoms with Gasteiger partial charge in [0.15, 0.2) is 0 Å². The lowest BCUT2D eigenvalue weighted by Crippen LogP contribution is -2.16. The molecule has 0 aliphatic carbocycles. The topological polar surface area (TPSA) is 47.6 Å². The highest BCUT2D eigenvalue weighted by molar-refractivity contribution is 6.04. The van der Waals surface area contributed by atoms with Crippen molar-refractivity contribution in [3.05, 3.63) is 60.2 Å². The molecule has 114 valence electrons. The molecule has 2 aromatic carbocycles. The van der Waals surface area contributed by atoms with Crippen LogP contribution in [0.1, 0.15) is 23.2 Å². The fourth-order valence-electron chi connectivity index (χ4n) is 2.39. The first-order valence-corrected chi connectivity index (χ1v) is 7.52. The van der Waals surface area contributed by atoms with E-state index in [1.165, 1.54) is 0 Å². The van der Waals surface area contributed by atoms with Crippen LogP contribution < -0.4 is 10.1 Å². The van der Waals surface area contributed by atoms with Gasteiger partial charge in [-0.2, -0.15) is 0 Å². The first kappa shape index (κ1) is 14.6. The molecule has 1 atom stereocenters. The van der Waals surface area contributed by atoms with E-state index in [2.05, 4.69) is 5.32 Å². The summed E-state index contributed by atoms with van der Waals surface area (Å²) in [5.74, 6) is 0.668. The second-order valence-corrected chi connectivity index (χ2v) is 5.29. The summed E-state index contributed by atoms with van der Waals surface area (Å²) in [6, 6.07) is 16.5. The number of carbonyl (C=O) groups excluding carboxylic acids is 1. The molecule has 2 aromatic rings. The van der Waals surface area contributed by atoms with Crippen molar-refractivity contribution >= 4 is 11.6 Å². The Kier molecular flexibility index (Phi) is 4.71. The molecule has 0 radical (unpaired) electrons. The first-order chi connectivity index (χ1) is 10.8. The zero-order valence-corrected chi connectivity index (χ0v) is 12.3. The Bertz CT molecular complexity index is 604. The number of nitrogens with one attached hydrogen (secondary N) is 1. The highest BCUT2D eigenvalue weighted by Crippen LogP contribution is 2.19. The van der Waals surface area contributed by atoms with Crippen LogP contribution in [0.4, 0.5) is 5.69 Å². The van der Waals surface area contributed by atoms with Gasteiger partial charge >= 0.3 is 0 Å². The maximum absolute atomic E-state index is 12.0. The standard InChI is InChI=1S/C18H19NO3/c20-18(14-5-2-1-3-6-14)19-15-8-10-16(11-9-15)22-13-17-7-4-12-21-17/h1-3,5-6,8-11,17H,4,7,12-13H2,(H,19,20). The van der Waals surface area contributed by atoms with E-state index in [-0.39, 0.29) is 12.0 Å². The monoisotopic (exact) mass is 297 g/mol. The largest absolute Gasteiger partial charge is 0.491 e. The molecule has 0 saturated carbocycles. The fraction of sp³-hybridized carbons (Fsp3) is 0.278. The van der Waals surface area contributed by atoms with Gasteiger partial charge in [0, 0.05) is 17.9 Å². The third-order valence-electron chi connectivity index (χ3n) is 3.61. The Labute approximate surface area is 130 Å². The number of ether oxygens (including phenoxy) is 2. The highest BCUT2D eigenvalue weighted by Gasteiger charge is 2.15. The predicted octanol–water partition coefficient (Wildman–Crippen LogP) is 3.50. The molecule has 0 bridgehead atoms. The summed E-state index contributed by atoms with van der Waals surface area (Å²) in [7, 11) is 0. The Balaban J connectivity index is 1.53. The molecule has 1 unspecified atom stereocenters. The SMILES string of the molecule is O=C(Nc1ccc(OCC2CCCO2)cc1)c1ccccc1. The van der Waals surface area contributed by atoms with Crippen LogP contribution in [0.3, 0.4) is 0 Å². The van der Waals surface area contributed by atoms with Gasteiger partial charge in [-0.25, -0.2) is 0 Å². The molecule has 3 rings (SSSR count). The Morgan fingerprint density at radius 3 is 2.59 bits per heavy atom. The normalized spacial score (nSPS) is 17.2. The average molecular weight is 297 g/mol. The van der Waals surface area contributed by atoms with Gasteiger partial charge in [-0.05, 0) is 49.2 Å². The Morgan fingerprint density at radius 2 is 1.91 bits per heavy atom. The molecule has 1 aliphatic heterocycles. The van der Waals surface area contributed by atoms with Crippen LogP contribution in [0.15, 0.2) is 54.6 Å². The highest BCUT2D eigenvalue weighted by atomic mass is 16.5. The van der Waals surface area contributed by atoms with E-state index in [0.29, 0.717) is 12.2 Å². The number of benzene rings is 2. The smallest absolute Gasteiger partial charge is 0.255 e. The van der Waals surface area contributed by atoms with E-state index >= 15 is 0 Å². The van der Waals surface area contributed by atoms with Crippen LogP contribution >= 0.6 is 0 Å². The zero-order chi connectivity index (χ0) is 15.2. The van der Waals surface area contributed by atoms with Crippen LogP contribution in [-0.2, 0) is 4.74 Å². The maximum Gasteiger partial charge on any atom is 0.255 e. The number of anilines is 1. The third kappa shape index (κ3) is 3.86. The van der Waals surface area contributed by atoms with Gasteiger partial charge in [0.25, 0.3) is 5.91 Å². The Morgan fingerprint density at radius 1 is 1.14 bits per heavy atom.